The Morgan fingerprint density at radius 1 is 1.09 bits per heavy atom. The molecule has 7 nitrogen and oxygen atoms in total. The van der Waals surface area contributed by atoms with Gasteiger partial charge in [-0.1, -0.05) is 0 Å². The number of amides is 2. The number of methoxy groups -OCH3 is 1. The van der Waals surface area contributed by atoms with Crippen molar-refractivity contribution in [2.45, 2.75) is 43.7 Å². The fraction of sp³-hybridized carbons (Fsp3) is 0.550. The van der Waals surface area contributed by atoms with Crippen molar-refractivity contribution in [1.29, 1.82) is 0 Å². The molecule has 1 aromatic carbocycles. The highest BCUT2D eigenvalue weighted by molar-refractivity contribution is 6.00. The van der Waals surface area contributed by atoms with Gasteiger partial charge in [-0.15, -0.1) is 0 Å². The van der Waals surface area contributed by atoms with Gasteiger partial charge in [0.15, 0.2) is 0 Å². The van der Waals surface area contributed by atoms with Crippen molar-refractivity contribution < 1.29 is 50.6 Å². The normalized spacial score (nSPS) is 22.6. The maximum atomic E-state index is 13.5. The number of benzene rings is 1. The smallest absolute Gasteiger partial charge is 0.465 e. The molecule has 0 aliphatic carbocycles. The van der Waals surface area contributed by atoms with E-state index >= 15 is 0 Å². The number of carbonyl (C=O) groups excluding carboxylic acids is 3. The molecule has 0 spiro atoms. The monoisotopic (exact) mass is 482 g/mol. The minimum Gasteiger partial charge on any atom is -0.465 e. The van der Waals surface area contributed by atoms with E-state index in [0.29, 0.717) is 9.80 Å². The van der Waals surface area contributed by atoms with Crippen LogP contribution in [0.1, 0.15) is 41.2 Å². The molecule has 33 heavy (non-hydrogen) atoms. The number of esters is 1. The fourth-order valence-electron chi connectivity index (χ4n) is 4.67. The van der Waals surface area contributed by atoms with Crippen molar-refractivity contribution in [3.05, 3.63) is 29.3 Å². The number of carbonyl (C=O) groups is 3. The van der Waals surface area contributed by atoms with Crippen LogP contribution in [0.3, 0.4) is 0 Å². The van der Waals surface area contributed by atoms with E-state index in [1.165, 1.54) is 0 Å². The summed E-state index contributed by atoms with van der Waals surface area (Å²) < 4.78 is 84.7. The summed E-state index contributed by atoms with van der Waals surface area (Å²) in [5.74, 6) is -6.26. The van der Waals surface area contributed by atoms with Gasteiger partial charge in [0, 0.05) is 30.8 Å². The molecular formula is C20H20F6N2O5. The van der Waals surface area contributed by atoms with Crippen LogP contribution in [0.15, 0.2) is 18.2 Å². The Balaban J connectivity index is 2.23. The zero-order valence-corrected chi connectivity index (χ0v) is 17.2. The lowest BCUT2D eigenvalue weighted by Gasteiger charge is -2.46. The van der Waals surface area contributed by atoms with Gasteiger partial charge >= 0.3 is 30.1 Å². The Kier molecular flexibility index (Phi) is 6.65. The molecular weight excluding hydrogens is 462 g/mol. The molecule has 2 aliphatic rings. The molecule has 3 rings (SSSR count). The third kappa shape index (κ3) is 4.50. The molecule has 0 bridgehead atoms. The summed E-state index contributed by atoms with van der Waals surface area (Å²) >= 11 is 0. The molecule has 2 aliphatic heterocycles. The first-order valence-corrected chi connectivity index (χ1v) is 9.94. The van der Waals surface area contributed by atoms with Crippen molar-refractivity contribution in [3.63, 3.8) is 0 Å². The Morgan fingerprint density at radius 3 is 2.27 bits per heavy atom. The molecule has 0 saturated carbocycles. The Labute approximate surface area is 183 Å². The van der Waals surface area contributed by atoms with Crippen molar-refractivity contribution in [1.82, 2.24) is 4.90 Å². The number of fused-ring (bicyclic) bond motifs is 3. The highest BCUT2D eigenvalue weighted by atomic mass is 19.4. The van der Waals surface area contributed by atoms with Gasteiger partial charge in [-0.2, -0.15) is 26.3 Å². The van der Waals surface area contributed by atoms with Crippen LogP contribution in [0.5, 0.6) is 0 Å². The quantitative estimate of drug-likeness (QED) is 0.527. The number of ether oxygens (including phenoxy) is 1. The van der Waals surface area contributed by atoms with Gasteiger partial charge < -0.3 is 19.6 Å². The number of nitrogens with zero attached hydrogens (tertiary/aromatic N) is 2. The van der Waals surface area contributed by atoms with Crippen LogP contribution >= 0.6 is 0 Å². The van der Waals surface area contributed by atoms with Crippen LogP contribution in [0, 0.1) is 5.92 Å². The average molecular weight is 482 g/mol. The highest BCUT2D eigenvalue weighted by Gasteiger charge is 2.57. The minimum absolute atomic E-state index is 0.0156. The Hall–Kier alpha value is -2.83. The van der Waals surface area contributed by atoms with E-state index in [1.807, 2.05) is 0 Å². The van der Waals surface area contributed by atoms with E-state index in [-0.39, 0.29) is 36.1 Å². The largest absolute Gasteiger partial charge is 0.471 e. The standard InChI is InChI=1S/C20H20F6N2O5/c1-33-16(30)10-4-5-14-12(9-10)15-11(6-7-27(15)17(31)19(21,22)23)13(3-2-8-29)28(14)18(32)20(24,25)26/h4-5,9,11,13,15,29H,2-3,6-8H2,1H3/t11-,13-,15-/m0/s1. The lowest BCUT2D eigenvalue weighted by atomic mass is 9.79. The molecule has 1 aromatic rings. The van der Waals surface area contributed by atoms with Gasteiger partial charge in [0.2, 0.25) is 0 Å². The van der Waals surface area contributed by atoms with E-state index in [0.717, 1.165) is 25.3 Å². The lowest BCUT2D eigenvalue weighted by molar-refractivity contribution is -0.187. The lowest BCUT2D eigenvalue weighted by Crippen LogP contribution is -2.55. The van der Waals surface area contributed by atoms with Gasteiger partial charge in [-0.05, 0) is 43.0 Å². The van der Waals surface area contributed by atoms with Crippen molar-refractivity contribution >= 4 is 23.5 Å². The predicted octanol–water partition coefficient (Wildman–Crippen LogP) is 2.98. The van der Waals surface area contributed by atoms with E-state index in [9.17, 15) is 45.8 Å². The summed E-state index contributed by atoms with van der Waals surface area (Å²) in [7, 11) is 1.05. The molecule has 1 saturated heterocycles. The maximum absolute atomic E-state index is 13.5. The van der Waals surface area contributed by atoms with Gasteiger partial charge in [0.25, 0.3) is 0 Å². The van der Waals surface area contributed by atoms with Crippen LogP contribution in [0.2, 0.25) is 0 Å². The molecule has 0 aromatic heterocycles. The number of aliphatic hydroxyl groups is 1. The van der Waals surface area contributed by atoms with Crippen LogP contribution < -0.4 is 4.90 Å². The topological polar surface area (TPSA) is 87.2 Å². The number of halogens is 6. The van der Waals surface area contributed by atoms with Crippen molar-refractivity contribution in [3.8, 4) is 0 Å². The zero-order valence-electron chi connectivity index (χ0n) is 17.2. The first-order valence-electron chi connectivity index (χ1n) is 9.94. The molecule has 3 atom stereocenters. The van der Waals surface area contributed by atoms with Crippen LogP contribution in [0.4, 0.5) is 32.0 Å². The predicted molar refractivity (Wildman–Crippen MR) is 100 cm³/mol. The highest BCUT2D eigenvalue weighted by Crippen LogP contribution is 2.52. The summed E-state index contributed by atoms with van der Waals surface area (Å²) in [4.78, 5) is 37.5. The number of alkyl halides is 6. The SMILES string of the molecule is COC(=O)c1ccc2c(c1)[C@@H]1[C@@H](CCN1C(=O)C(F)(F)F)[C@H](CCCO)N2C(=O)C(F)(F)F. The minimum atomic E-state index is -5.29. The molecule has 1 fully saturated rings. The fourth-order valence-corrected chi connectivity index (χ4v) is 4.67. The summed E-state index contributed by atoms with van der Waals surface area (Å²) in [6.07, 6.45) is -10.8. The summed E-state index contributed by atoms with van der Waals surface area (Å²) in [6, 6.07) is 0.635. The summed E-state index contributed by atoms with van der Waals surface area (Å²) in [5, 5.41) is 9.20. The van der Waals surface area contributed by atoms with E-state index < -0.39 is 61.3 Å². The number of hydrogen-bond donors (Lipinski definition) is 1. The van der Waals surface area contributed by atoms with Crippen molar-refractivity contribution in [2.24, 2.45) is 5.92 Å². The molecule has 182 valence electrons. The third-order valence-electron chi connectivity index (χ3n) is 5.92. The van der Waals surface area contributed by atoms with Crippen LogP contribution in [0.25, 0.3) is 0 Å². The maximum Gasteiger partial charge on any atom is 0.471 e. The number of hydrogen-bond acceptors (Lipinski definition) is 5. The second-order valence-electron chi connectivity index (χ2n) is 7.76. The van der Waals surface area contributed by atoms with Gasteiger partial charge in [-0.25, -0.2) is 4.79 Å². The number of rotatable bonds is 4. The third-order valence-corrected chi connectivity index (χ3v) is 5.92. The second-order valence-corrected chi connectivity index (χ2v) is 7.76. The van der Waals surface area contributed by atoms with Gasteiger partial charge in [-0.3, -0.25) is 9.59 Å². The second kappa shape index (κ2) is 8.84. The van der Waals surface area contributed by atoms with Gasteiger partial charge in [0.1, 0.15) is 0 Å². The van der Waals surface area contributed by atoms with E-state index in [1.54, 1.807) is 0 Å². The summed E-state index contributed by atoms with van der Waals surface area (Å²) in [6.45, 7) is -0.819. The molecule has 0 unspecified atom stereocenters. The van der Waals surface area contributed by atoms with E-state index in [4.69, 9.17) is 0 Å². The van der Waals surface area contributed by atoms with Gasteiger partial charge in [0.05, 0.1) is 18.7 Å². The number of aliphatic hydroxyl groups excluding tert-OH is 1. The zero-order chi connectivity index (χ0) is 24.7. The first kappa shape index (κ1) is 24.8. The average Bonchev–Trinajstić information content (AvgIpc) is 3.19. The number of likely N-dealkylation sites (tertiary alicyclic amines) is 1. The first-order chi connectivity index (χ1) is 15.3. The Bertz CT molecular complexity index is 948. The summed E-state index contributed by atoms with van der Waals surface area (Å²) in [5.41, 5.74) is -0.693. The van der Waals surface area contributed by atoms with Crippen molar-refractivity contribution in [2.75, 3.05) is 25.2 Å². The van der Waals surface area contributed by atoms with Crippen LogP contribution in [-0.2, 0) is 14.3 Å². The van der Waals surface area contributed by atoms with E-state index in [2.05, 4.69) is 4.74 Å². The molecule has 13 heteroatoms. The molecule has 2 heterocycles. The molecule has 0 radical (unpaired) electrons. The van der Waals surface area contributed by atoms with Crippen LogP contribution in [-0.4, -0.2) is 66.4 Å². The Morgan fingerprint density at radius 2 is 1.73 bits per heavy atom. The number of anilines is 1. The molecule has 2 amide bonds. The molecule has 1 N–H and O–H groups in total.